The maximum absolute atomic E-state index is 10.8. The lowest BCUT2D eigenvalue weighted by atomic mass is 9.87. The number of benzene rings is 1. The standard InChI is InChI=1S/C12H14N2O3/c1-12(2)8-13(5-6-15)11-4-3-9(14(16)17)7-10(11)12/h3-4,6-7H,5,8H2,1-2H3. The Hall–Kier alpha value is -1.91. The van der Waals surface area contributed by atoms with Gasteiger partial charge in [0.2, 0.25) is 0 Å². The number of nitro benzene ring substituents is 1. The van der Waals surface area contributed by atoms with Crippen LogP contribution in [0.2, 0.25) is 0 Å². The van der Waals surface area contributed by atoms with Crippen molar-refractivity contribution in [2.24, 2.45) is 0 Å². The fourth-order valence-electron chi connectivity index (χ4n) is 2.36. The Morgan fingerprint density at radius 2 is 2.24 bits per heavy atom. The Morgan fingerprint density at radius 3 is 2.82 bits per heavy atom. The van der Waals surface area contributed by atoms with Gasteiger partial charge in [-0.1, -0.05) is 13.8 Å². The fraction of sp³-hybridized carbons (Fsp3) is 0.417. The molecular weight excluding hydrogens is 220 g/mol. The van der Waals surface area contributed by atoms with Gasteiger partial charge in [-0.15, -0.1) is 0 Å². The van der Waals surface area contributed by atoms with Crippen molar-refractivity contribution >= 4 is 17.7 Å². The molecule has 0 amide bonds. The van der Waals surface area contributed by atoms with Gasteiger partial charge < -0.3 is 9.69 Å². The van der Waals surface area contributed by atoms with Crippen molar-refractivity contribution in [3.63, 3.8) is 0 Å². The van der Waals surface area contributed by atoms with Gasteiger partial charge in [-0.25, -0.2) is 0 Å². The molecule has 1 aromatic rings. The first-order chi connectivity index (χ1) is 7.95. The van der Waals surface area contributed by atoms with Crippen molar-refractivity contribution in [1.29, 1.82) is 0 Å². The van der Waals surface area contributed by atoms with E-state index in [0.29, 0.717) is 13.1 Å². The second kappa shape index (κ2) is 3.84. The van der Waals surface area contributed by atoms with Gasteiger partial charge in [0.05, 0.1) is 11.5 Å². The molecule has 0 saturated carbocycles. The van der Waals surface area contributed by atoms with Crippen molar-refractivity contribution in [2.75, 3.05) is 18.0 Å². The summed E-state index contributed by atoms with van der Waals surface area (Å²) in [7, 11) is 0. The first-order valence-corrected chi connectivity index (χ1v) is 5.43. The average Bonchev–Trinajstić information content (AvgIpc) is 2.51. The third-order valence-electron chi connectivity index (χ3n) is 3.14. The maximum Gasteiger partial charge on any atom is 0.269 e. The zero-order chi connectivity index (χ0) is 12.6. The molecule has 0 N–H and O–H groups in total. The monoisotopic (exact) mass is 234 g/mol. The van der Waals surface area contributed by atoms with Crippen LogP contribution >= 0.6 is 0 Å². The number of carbonyl (C=O) groups excluding carboxylic acids is 1. The summed E-state index contributed by atoms with van der Waals surface area (Å²) in [6, 6.07) is 4.82. The van der Waals surface area contributed by atoms with Crippen LogP contribution in [0.4, 0.5) is 11.4 Å². The van der Waals surface area contributed by atoms with Crippen LogP contribution in [0.15, 0.2) is 18.2 Å². The normalized spacial score (nSPS) is 16.7. The Morgan fingerprint density at radius 1 is 1.53 bits per heavy atom. The Kier molecular flexibility index (Phi) is 2.61. The number of anilines is 1. The van der Waals surface area contributed by atoms with Crippen LogP contribution in [0.1, 0.15) is 19.4 Å². The Labute approximate surface area is 99.2 Å². The average molecular weight is 234 g/mol. The number of nitrogens with zero attached hydrogens (tertiary/aromatic N) is 2. The summed E-state index contributed by atoms with van der Waals surface area (Å²) in [5.41, 5.74) is 1.80. The quantitative estimate of drug-likeness (QED) is 0.455. The van der Waals surface area contributed by atoms with Gasteiger partial charge in [-0.3, -0.25) is 10.1 Å². The van der Waals surface area contributed by atoms with Crippen molar-refractivity contribution in [1.82, 2.24) is 0 Å². The molecule has 5 nitrogen and oxygen atoms in total. The second-order valence-electron chi connectivity index (χ2n) is 4.89. The second-order valence-corrected chi connectivity index (χ2v) is 4.89. The summed E-state index contributed by atoms with van der Waals surface area (Å²) in [5, 5.41) is 10.8. The zero-order valence-corrected chi connectivity index (χ0v) is 9.84. The van der Waals surface area contributed by atoms with Crippen molar-refractivity contribution in [2.45, 2.75) is 19.3 Å². The van der Waals surface area contributed by atoms with Gasteiger partial charge in [-0.2, -0.15) is 0 Å². The minimum absolute atomic E-state index is 0.102. The summed E-state index contributed by atoms with van der Waals surface area (Å²) >= 11 is 0. The number of non-ortho nitro benzene ring substituents is 1. The highest BCUT2D eigenvalue weighted by Crippen LogP contribution is 2.41. The lowest BCUT2D eigenvalue weighted by Gasteiger charge is -2.19. The molecule has 0 atom stereocenters. The molecule has 1 aromatic carbocycles. The molecule has 2 rings (SSSR count). The number of carbonyl (C=O) groups is 1. The molecular formula is C12H14N2O3. The van der Waals surface area contributed by atoms with Crippen molar-refractivity contribution in [3.8, 4) is 0 Å². The predicted molar refractivity (Wildman–Crippen MR) is 64.4 cm³/mol. The number of rotatable bonds is 3. The van der Waals surface area contributed by atoms with E-state index in [1.165, 1.54) is 6.07 Å². The van der Waals surface area contributed by atoms with Crippen LogP contribution in [0, 0.1) is 10.1 Å². The molecule has 1 aliphatic heterocycles. The minimum atomic E-state index is -0.390. The van der Waals surface area contributed by atoms with Crippen LogP contribution in [-0.4, -0.2) is 24.3 Å². The molecule has 0 radical (unpaired) electrons. The summed E-state index contributed by atoms with van der Waals surface area (Å²) in [6.07, 6.45) is 0.854. The first-order valence-electron chi connectivity index (χ1n) is 5.43. The maximum atomic E-state index is 10.8. The van der Waals surface area contributed by atoms with E-state index in [2.05, 4.69) is 0 Å². The molecule has 17 heavy (non-hydrogen) atoms. The van der Waals surface area contributed by atoms with E-state index < -0.39 is 4.92 Å². The van der Waals surface area contributed by atoms with Crippen molar-refractivity contribution in [3.05, 3.63) is 33.9 Å². The first kappa shape index (κ1) is 11.6. The molecule has 0 bridgehead atoms. The SMILES string of the molecule is CC1(C)CN(CC=O)c2ccc([N+](=O)[O-])cc21. The van der Waals surface area contributed by atoms with Crippen LogP contribution in [0.5, 0.6) is 0 Å². The van der Waals surface area contributed by atoms with E-state index in [1.807, 2.05) is 18.7 Å². The van der Waals surface area contributed by atoms with E-state index in [-0.39, 0.29) is 11.1 Å². The zero-order valence-electron chi connectivity index (χ0n) is 9.84. The van der Waals surface area contributed by atoms with Gasteiger partial charge in [0.1, 0.15) is 6.29 Å². The van der Waals surface area contributed by atoms with Gasteiger partial charge in [0, 0.05) is 29.8 Å². The lowest BCUT2D eigenvalue weighted by molar-refractivity contribution is -0.384. The lowest BCUT2D eigenvalue weighted by Crippen LogP contribution is -2.29. The molecule has 0 saturated heterocycles. The highest BCUT2D eigenvalue weighted by Gasteiger charge is 2.35. The molecule has 1 heterocycles. The summed E-state index contributed by atoms with van der Waals surface area (Å²) in [6.45, 7) is 5.09. The predicted octanol–water partition coefficient (Wildman–Crippen LogP) is 1.89. The Balaban J connectivity index is 2.49. The number of hydrogen-bond donors (Lipinski definition) is 0. The van der Waals surface area contributed by atoms with Crippen LogP contribution < -0.4 is 4.90 Å². The number of hydrogen-bond acceptors (Lipinski definition) is 4. The van der Waals surface area contributed by atoms with Gasteiger partial charge >= 0.3 is 0 Å². The van der Waals surface area contributed by atoms with E-state index in [0.717, 1.165) is 17.5 Å². The highest BCUT2D eigenvalue weighted by atomic mass is 16.6. The van der Waals surface area contributed by atoms with E-state index in [4.69, 9.17) is 0 Å². The third kappa shape index (κ3) is 1.88. The smallest absolute Gasteiger partial charge is 0.269 e. The molecule has 1 aliphatic rings. The van der Waals surface area contributed by atoms with E-state index in [1.54, 1.807) is 12.1 Å². The van der Waals surface area contributed by atoms with E-state index >= 15 is 0 Å². The van der Waals surface area contributed by atoms with E-state index in [9.17, 15) is 14.9 Å². The summed E-state index contributed by atoms with van der Waals surface area (Å²) in [4.78, 5) is 22.9. The van der Waals surface area contributed by atoms with Crippen LogP contribution in [0.3, 0.4) is 0 Å². The van der Waals surface area contributed by atoms with Gasteiger partial charge in [-0.05, 0) is 11.6 Å². The topological polar surface area (TPSA) is 63.5 Å². The highest BCUT2D eigenvalue weighted by molar-refractivity contribution is 5.70. The molecule has 0 aliphatic carbocycles. The van der Waals surface area contributed by atoms with Gasteiger partial charge in [0.25, 0.3) is 5.69 Å². The van der Waals surface area contributed by atoms with Crippen LogP contribution in [0.25, 0.3) is 0 Å². The largest absolute Gasteiger partial charge is 0.363 e. The fourth-order valence-corrected chi connectivity index (χ4v) is 2.36. The molecule has 0 fully saturated rings. The summed E-state index contributed by atoms with van der Waals surface area (Å²) in [5.74, 6) is 0. The van der Waals surface area contributed by atoms with Gasteiger partial charge in [0.15, 0.2) is 0 Å². The molecule has 90 valence electrons. The number of nitro groups is 1. The van der Waals surface area contributed by atoms with Crippen molar-refractivity contribution < 1.29 is 9.72 Å². The Bertz CT molecular complexity index is 483. The summed E-state index contributed by atoms with van der Waals surface area (Å²) < 4.78 is 0. The molecule has 0 aromatic heterocycles. The minimum Gasteiger partial charge on any atom is -0.363 e. The molecule has 0 unspecified atom stereocenters. The number of aldehydes is 1. The number of fused-ring (bicyclic) bond motifs is 1. The molecule has 5 heteroatoms. The molecule has 0 spiro atoms. The van der Waals surface area contributed by atoms with Crippen LogP contribution in [-0.2, 0) is 10.2 Å². The third-order valence-corrected chi connectivity index (χ3v) is 3.14.